The zero-order chi connectivity index (χ0) is 14.1. The lowest BCUT2D eigenvalue weighted by molar-refractivity contribution is 0.0995. The second-order valence-corrected chi connectivity index (χ2v) is 4.75. The Labute approximate surface area is 120 Å². The minimum absolute atomic E-state index is 0.230. The summed E-state index contributed by atoms with van der Waals surface area (Å²) in [6.45, 7) is 2.73. The number of aryl methyl sites for hydroxylation is 1. The number of halogens is 1. The van der Waals surface area contributed by atoms with E-state index >= 15 is 0 Å². The van der Waals surface area contributed by atoms with E-state index in [0.29, 0.717) is 41.2 Å². The van der Waals surface area contributed by atoms with E-state index in [0.717, 1.165) is 0 Å². The Kier molecular flexibility index (Phi) is 3.28. The average Bonchev–Trinajstić information content (AvgIpc) is 2.86. The van der Waals surface area contributed by atoms with Crippen molar-refractivity contribution in [3.05, 3.63) is 40.8 Å². The van der Waals surface area contributed by atoms with Gasteiger partial charge in [0.25, 0.3) is 5.91 Å². The van der Waals surface area contributed by atoms with Gasteiger partial charge in [0.15, 0.2) is 17.3 Å². The van der Waals surface area contributed by atoms with Gasteiger partial charge in [0.1, 0.15) is 19.0 Å². The van der Waals surface area contributed by atoms with Gasteiger partial charge in [0, 0.05) is 12.1 Å². The second-order valence-electron chi connectivity index (χ2n) is 4.34. The van der Waals surface area contributed by atoms with Crippen molar-refractivity contribution >= 4 is 23.2 Å². The van der Waals surface area contributed by atoms with E-state index in [2.05, 4.69) is 5.32 Å². The molecule has 5 nitrogen and oxygen atoms in total. The maximum atomic E-state index is 12.0. The van der Waals surface area contributed by atoms with Crippen LogP contribution >= 0.6 is 11.6 Å². The highest BCUT2D eigenvalue weighted by Crippen LogP contribution is 2.38. The van der Waals surface area contributed by atoms with E-state index in [1.807, 2.05) is 0 Å². The first-order valence-corrected chi connectivity index (χ1v) is 6.48. The number of nitrogens with one attached hydrogen (secondary N) is 1. The van der Waals surface area contributed by atoms with Crippen molar-refractivity contribution < 1.29 is 18.7 Å². The molecule has 0 radical (unpaired) electrons. The molecule has 0 spiro atoms. The summed E-state index contributed by atoms with van der Waals surface area (Å²) < 4.78 is 16.1. The first-order valence-electron chi connectivity index (χ1n) is 6.10. The van der Waals surface area contributed by atoms with E-state index < -0.39 is 0 Å². The molecule has 1 aromatic heterocycles. The van der Waals surface area contributed by atoms with Crippen molar-refractivity contribution in [3.8, 4) is 11.5 Å². The predicted octanol–water partition coefficient (Wildman–Crippen LogP) is 3.26. The maximum absolute atomic E-state index is 12.0. The van der Waals surface area contributed by atoms with Gasteiger partial charge in [-0.05, 0) is 19.1 Å². The number of fused-ring (bicyclic) bond motifs is 1. The van der Waals surface area contributed by atoms with Gasteiger partial charge in [-0.1, -0.05) is 11.6 Å². The molecule has 3 rings (SSSR count). The SMILES string of the molecule is Cc1ccc(C(=O)Nc2cc3c(cc2Cl)OCCO3)o1. The Hall–Kier alpha value is -2.14. The lowest BCUT2D eigenvalue weighted by atomic mass is 10.2. The lowest BCUT2D eigenvalue weighted by Crippen LogP contribution is -2.16. The molecule has 1 aliphatic rings. The summed E-state index contributed by atoms with van der Waals surface area (Å²) in [7, 11) is 0. The van der Waals surface area contributed by atoms with Crippen LogP contribution in [0.25, 0.3) is 0 Å². The van der Waals surface area contributed by atoms with Crippen LogP contribution in [0.5, 0.6) is 11.5 Å². The summed E-state index contributed by atoms with van der Waals surface area (Å²) in [5.41, 5.74) is 0.454. The molecule has 2 aromatic rings. The number of carbonyl (C=O) groups excluding carboxylic acids is 1. The van der Waals surface area contributed by atoms with Gasteiger partial charge >= 0.3 is 0 Å². The van der Waals surface area contributed by atoms with Crippen molar-refractivity contribution in [1.29, 1.82) is 0 Å². The summed E-state index contributed by atoms with van der Waals surface area (Å²) >= 11 is 6.12. The van der Waals surface area contributed by atoms with Crippen molar-refractivity contribution in [2.45, 2.75) is 6.92 Å². The third-order valence-corrected chi connectivity index (χ3v) is 3.16. The van der Waals surface area contributed by atoms with Gasteiger partial charge in [-0.25, -0.2) is 0 Å². The Morgan fingerprint density at radius 2 is 1.90 bits per heavy atom. The molecule has 1 amide bonds. The van der Waals surface area contributed by atoms with Crippen LogP contribution in [0.1, 0.15) is 16.3 Å². The van der Waals surface area contributed by atoms with Crippen LogP contribution in [-0.2, 0) is 0 Å². The summed E-state index contributed by atoms with van der Waals surface area (Å²) in [4.78, 5) is 12.0. The minimum Gasteiger partial charge on any atom is -0.486 e. The molecule has 0 saturated heterocycles. The van der Waals surface area contributed by atoms with Crippen molar-refractivity contribution in [3.63, 3.8) is 0 Å². The highest BCUT2D eigenvalue weighted by atomic mass is 35.5. The van der Waals surface area contributed by atoms with Gasteiger partial charge < -0.3 is 19.2 Å². The normalized spacial score (nSPS) is 13.1. The van der Waals surface area contributed by atoms with Gasteiger partial charge in [-0.3, -0.25) is 4.79 Å². The quantitative estimate of drug-likeness (QED) is 0.923. The fourth-order valence-corrected chi connectivity index (χ4v) is 2.10. The molecular formula is C14H12ClNO4. The molecule has 2 heterocycles. The molecule has 0 saturated carbocycles. The molecule has 0 fully saturated rings. The Morgan fingerprint density at radius 3 is 2.55 bits per heavy atom. The summed E-state index contributed by atoms with van der Waals surface area (Å²) in [5.74, 6) is 1.67. The van der Waals surface area contributed by atoms with E-state index in [4.69, 9.17) is 25.5 Å². The van der Waals surface area contributed by atoms with Gasteiger partial charge in [-0.2, -0.15) is 0 Å². The number of carbonyl (C=O) groups is 1. The Morgan fingerprint density at radius 1 is 1.20 bits per heavy atom. The third-order valence-electron chi connectivity index (χ3n) is 2.84. The van der Waals surface area contributed by atoms with Crippen LogP contribution in [0.2, 0.25) is 5.02 Å². The van der Waals surface area contributed by atoms with E-state index in [1.165, 1.54) is 0 Å². The van der Waals surface area contributed by atoms with Crippen LogP contribution in [0.4, 0.5) is 5.69 Å². The van der Waals surface area contributed by atoms with Gasteiger partial charge in [0.2, 0.25) is 0 Å². The summed E-state index contributed by atoms with van der Waals surface area (Å²) in [6, 6.07) is 6.60. The number of rotatable bonds is 2. The zero-order valence-corrected chi connectivity index (χ0v) is 11.5. The first-order chi connectivity index (χ1) is 9.63. The maximum Gasteiger partial charge on any atom is 0.291 e. The molecule has 20 heavy (non-hydrogen) atoms. The predicted molar refractivity (Wildman–Crippen MR) is 73.8 cm³/mol. The number of anilines is 1. The van der Waals surface area contributed by atoms with E-state index in [-0.39, 0.29) is 11.7 Å². The summed E-state index contributed by atoms with van der Waals surface area (Å²) in [6.07, 6.45) is 0. The fourth-order valence-electron chi connectivity index (χ4n) is 1.90. The largest absolute Gasteiger partial charge is 0.486 e. The number of benzene rings is 1. The molecule has 0 bridgehead atoms. The van der Waals surface area contributed by atoms with Crippen LogP contribution in [0.3, 0.4) is 0 Å². The van der Waals surface area contributed by atoms with Gasteiger partial charge in [0.05, 0.1) is 10.7 Å². The monoisotopic (exact) mass is 293 g/mol. The smallest absolute Gasteiger partial charge is 0.291 e. The molecule has 1 N–H and O–H groups in total. The molecule has 0 unspecified atom stereocenters. The number of amides is 1. The molecule has 0 aliphatic carbocycles. The number of hydrogen-bond donors (Lipinski definition) is 1. The topological polar surface area (TPSA) is 60.7 Å². The van der Waals surface area contributed by atoms with Crippen LogP contribution in [-0.4, -0.2) is 19.1 Å². The van der Waals surface area contributed by atoms with Crippen LogP contribution < -0.4 is 14.8 Å². The van der Waals surface area contributed by atoms with Gasteiger partial charge in [-0.15, -0.1) is 0 Å². The zero-order valence-electron chi connectivity index (χ0n) is 10.7. The molecule has 1 aliphatic heterocycles. The summed E-state index contributed by atoms with van der Waals surface area (Å²) in [5, 5.41) is 3.07. The van der Waals surface area contributed by atoms with Crippen LogP contribution in [0, 0.1) is 6.92 Å². The average molecular weight is 294 g/mol. The second kappa shape index (κ2) is 5.09. The first kappa shape index (κ1) is 12.9. The number of hydrogen-bond acceptors (Lipinski definition) is 4. The minimum atomic E-state index is -0.364. The lowest BCUT2D eigenvalue weighted by Gasteiger charge is -2.19. The van der Waals surface area contributed by atoms with Crippen molar-refractivity contribution in [2.75, 3.05) is 18.5 Å². The number of furan rings is 1. The highest BCUT2D eigenvalue weighted by Gasteiger charge is 2.18. The third kappa shape index (κ3) is 2.44. The standard InChI is InChI=1S/C14H12ClNO4/c1-8-2-3-11(20-8)14(17)16-10-7-13-12(6-9(10)15)18-4-5-19-13/h2-3,6-7H,4-5H2,1H3,(H,16,17). The number of ether oxygens (including phenoxy) is 2. The van der Waals surface area contributed by atoms with Crippen molar-refractivity contribution in [1.82, 2.24) is 0 Å². The Bertz CT molecular complexity index is 665. The van der Waals surface area contributed by atoms with Crippen LogP contribution in [0.15, 0.2) is 28.7 Å². The highest BCUT2D eigenvalue weighted by molar-refractivity contribution is 6.34. The molecular weight excluding hydrogens is 282 g/mol. The molecule has 104 valence electrons. The van der Waals surface area contributed by atoms with E-state index in [9.17, 15) is 4.79 Å². The van der Waals surface area contributed by atoms with E-state index in [1.54, 1.807) is 31.2 Å². The molecule has 1 aromatic carbocycles. The Balaban J connectivity index is 1.85. The van der Waals surface area contributed by atoms with Crippen molar-refractivity contribution in [2.24, 2.45) is 0 Å². The molecule has 6 heteroatoms. The fraction of sp³-hybridized carbons (Fsp3) is 0.214. The molecule has 0 atom stereocenters.